The zero-order valence-corrected chi connectivity index (χ0v) is 22.2. The van der Waals surface area contributed by atoms with E-state index in [9.17, 15) is 22.8 Å². The summed E-state index contributed by atoms with van der Waals surface area (Å²) >= 11 is 3.50. The molecule has 2 aromatic rings. The van der Waals surface area contributed by atoms with Crippen molar-refractivity contribution in [1.29, 1.82) is 0 Å². The molecule has 1 unspecified atom stereocenters. The van der Waals surface area contributed by atoms with E-state index in [0.29, 0.717) is 57.6 Å². The van der Waals surface area contributed by atoms with Gasteiger partial charge in [-0.2, -0.15) is 13.2 Å². The number of piperidine rings is 2. The Balaban J connectivity index is 1.48. The van der Waals surface area contributed by atoms with Crippen molar-refractivity contribution in [3.05, 3.63) is 64.1 Å². The van der Waals surface area contributed by atoms with Gasteiger partial charge in [0.2, 0.25) is 0 Å². The summed E-state index contributed by atoms with van der Waals surface area (Å²) in [6.07, 6.45) is -4.53. The van der Waals surface area contributed by atoms with E-state index >= 15 is 0 Å². The summed E-state index contributed by atoms with van der Waals surface area (Å²) in [6, 6.07) is 14.4. The van der Waals surface area contributed by atoms with Crippen LogP contribution < -0.4 is 4.74 Å². The molecule has 0 N–H and O–H groups in total. The van der Waals surface area contributed by atoms with Gasteiger partial charge in [-0.3, -0.25) is 9.69 Å². The molecule has 1 atom stereocenters. The number of carbonyl (C=O) groups is 2. The lowest BCUT2D eigenvalue weighted by atomic mass is 9.69. The van der Waals surface area contributed by atoms with Crippen molar-refractivity contribution in [2.45, 2.75) is 45.0 Å². The summed E-state index contributed by atoms with van der Waals surface area (Å²) in [5.41, 5.74) is 0.856. The molecule has 0 radical (unpaired) electrons. The molecule has 6 nitrogen and oxygen atoms in total. The Hall–Kier alpha value is -2.59. The highest BCUT2D eigenvalue weighted by Gasteiger charge is 2.51. The number of carbonyl (C=O) groups excluding carboxylic acids is 2. The number of rotatable bonds is 6. The number of benzene rings is 2. The van der Waals surface area contributed by atoms with Crippen LogP contribution in [0.1, 0.15) is 42.1 Å². The second-order valence-electron chi connectivity index (χ2n) is 9.58. The molecule has 1 amide bonds. The minimum absolute atomic E-state index is 0.0599. The maximum atomic E-state index is 13.1. The lowest BCUT2D eigenvalue weighted by Gasteiger charge is -2.51. The van der Waals surface area contributed by atoms with E-state index in [0.717, 1.165) is 15.8 Å². The number of halogens is 4. The molecule has 2 fully saturated rings. The largest absolute Gasteiger partial charge is 0.494 e. The highest BCUT2D eigenvalue weighted by atomic mass is 79.9. The Morgan fingerprint density at radius 3 is 2.38 bits per heavy atom. The van der Waals surface area contributed by atoms with Gasteiger partial charge in [0, 0.05) is 34.1 Å². The quantitative estimate of drug-likeness (QED) is 0.424. The molecule has 4 rings (SSSR count). The van der Waals surface area contributed by atoms with Crippen LogP contribution in [0.5, 0.6) is 5.75 Å². The van der Waals surface area contributed by atoms with Gasteiger partial charge in [-0.25, -0.2) is 4.79 Å². The maximum Gasteiger partial charge on any atom is 0.490 e. The minimum atomic E-state index is -5.09. The van der Waals surface area contributed by atoms with E-state index in [4.69, 9.17) is 9.47 Å². The second kappa shape index (κ2) is 11.4. The third-order valence-electron chi connectivity index (χ3n) is 7.31. The van der Waals surface area contributed by atoms with E-state index in [1.807, 2.05) is 25.1 Å². The Bertz CT molecular complexity index is 1100. The first-order valence-corrected chi connectivity index (χ1v) is 13.2. The number of nitrogens with zero attached hydrogens (tertiary/aromatic N) is 2. The van der Waals surface area contributed by atoms with E-state index in [1.165, 1.54) is 4.90 Å². The number of amides is 1. The van der Waals surface area contributed by atoms with Crippen LogP contribution in [-0.4, -0.2) is 66.7 Å². The predicted octanol–water partition coefficient (Wildman–Crippen LogP) is 5.45. The van der Waals surface area contributed by atoms with Crippen molar-refractivity contribution in [3.8, 4) is 5.75 Å². The fraction of sp³-hybridized carbons (Fsp3) is 0.481. The van der Waals surface area contributed by atoms with E-state index < -0.39 is 23.7 Å². The third-order valence-corrected chi connectivity index (χ3v) is 7.80. The van der Waals surface area contributed by atoms with Crippen molar-refractivity contribution in [2.75, 3.05) is 32.8 Å². The van der Waals surface area contributed by atoms with Crippen molar-refractivity contribution in [3.63, 3.8) is 0 Å². The van der Waals surface area contributed by atoms with Crippen LogP contribution in [0, 0.1) is 5.41 Å². The lowest BCUT2D eigenvalue weighted by molar-refractivity contribution is -0.216. The van der Waals surface area contributed by atoms with Gasteiger partial charge in [0.25, 0.3) is 5.91 Å². The molecule has 2 heterocycles. The summed E-state index contributed by atoms with van der Waals surface area (Å²) in [6.45, 7) is 4.70. The van der Waals surface area contributed by atoms with Gasteiger partial charge in [-0.1, -0.05) is 34.1 Å². The summed E-state index contributed by atoms with van der Waals surface area (Å²) in [7, 11) is 0. The minimum Gasteiger partial charge on any atom is -0.494 e. The number of ether oxygens (including phenoxy) is 2. The zero-order chi connectivity index (χ0) is 26.6. The summed E-state index contributed by atoms with van der Waals surface area (Å²) in [4.78, 5) is 28.6. The van der Waals surface area contributed by atoms with Crippen molar-refractivity contribution in [2.24, 2.45) is 5.41 Å². The predicted molar refractivity (Wildman–Crippen MR) is 135 cm³/mol. The molecular formula is C27H30BrF3N2O4. The summed E-state index contributed by atoms with van der Waals surface area (Å²) in [5.74, 6) is -1.68. The van der Waals surface area contributed by atoms with Gasteiger partial charge in [-0.15, -0.1) is 0 Å². The van der Waals surface area contributed by atoms with Crippen LogP contribution in [0.2, 0.25) is 0 Å². The van der Waals surface area contributed by atoms with Crippen LogP contribution in [0.4, 0.5) is 13.2 Å². The van der Waals surface area contributed by atoms with Gasteiger partial charge in [0.15, 0.2) is 0 Å². The number of esters is 1. The van der Waals surface area contributed by atoms with Gasteiger partial charge < -0.3 is 14.4 Å². The molecule has 2 saturated heterocycles. The van der Waals surface area contributed by atoms with Gasteiger partial charge >= 0.3 is 12.1 Å². The summed E-state index contributed by atoms with van der Waals surface area (Å²) in [5, 5.41) is 0. The average molecular weight is 583 g/mol. The molecule has 2 aromatic carbocycles. The van der Waals surface area contributed by atoms with Gasteiger partial charge in [0.1, 0.15) is 11.9 Å². The number of alkyl halides is 3. The first-order valence-electron chi connectivity index (χ1n) is 12.4. The van der Waals surface area contributed by atoms with Crippen LogP contribution in [0.3, 0.4) is 0 Å². The van der Waals surface area contributed by atoms with Crippen LogP contribution >= 0.6 is 15.9 Å². The van der Waals surface area contributed by atoms with Crippen molar-refractivity contribution in [1.82, 2.24) is 9.80 Å². The summed E-state index contributed by atoms with van der Waals surface area (Å²) < 4.78 is 51.2. The molecule has 37 heavy (non-hydrogen) atoms. The van der Waals surface area contributed by atoms with Crippen LogP contribution in [0.25, 0.3) is 0 Å². The monoisotopic (exact) mass is 582 g/mol. The maximum absolute atomic E-state index is 13.1. The second-order valence-corrected chi connectivity index (χ2v) is 10.5. The molecule has 0 bridgehead atoms. The van der Waals surface area contributed by atoms with Gasteiger partial charge in [0.05, 0.1) is 13.2 Å². The van der Waals surface area contributed by atoms with Crippen LogP contribution in [-0.2, 0) is 16.1 Å². The van der Waals surface area contributed by atoms with Crippen LogP contribution in [0.15, 0.2) is 53.0 Å². The van der Waals surface area contributed by atoms with E-state index in [1.54, 1.807) is 30.3 Å². The molecule has 1 spiro atoms. The van der Waals surface area contributed by atoms with Crippen molar-refractivity contribution >= 4 is 27.8 Å². The first kappa shape index (κ1) is 27.4. The van der Waals surface area contributed by atoms with Crippen molar-refractivity contribution < 1.29 is 32.2 Å². The van der Waals surface area contributed by atoms with E-state index in [-0.39, 0.29) is 12.5 Å². The number of hydrogen-bond donors (Lipinski definition) is 0. The Kier molecular flexibility index (Phi) is 8.48. The molecule has 200 valence electrons. The standard InChI is InChI=1S/C27H30BrF3N2O4/c1-2-36-22-9-8-21(28)16-20(22)17-32-13-10-26(11-14-32)12-15-33(24(34)19-6-4-3-5-7-19)18-23(26)37-25(35)27(29,30)31/h3-9,16,23H,2,10-15,17-18H2,1H3. The molecule has 2 aliphatic rings. The highest BCUT2D eigenvalue weighted by Crippen LogP contribution is 2.44. The molecule has 0 aliphatic carbocycles. The topological polar surface area (TPSA) is 59.1 Å². The Morgan fingerprint density at radius 1 is 1.05 bits per heavy atom. The number of likely N-dealkylation sites (tertiary alicyclic amines) is 2. The Morgan fingerprint density at radius 2 is 1.73 bits per heavy atom. The fourth-order valence-corrected chi connectivity index (χ4v) is 5.66. The van der Waals surface area contributed by atoms with Gasteiger partial charge in [-0.05, 0) is 69.6 Å². The molecule has 0 aromatic heterocycles. The zero-order valence-electron chi connectivity index (χ0n) is 20.6. The third kappa shape index (κ3) is 6.46. The molecule has 0 saturated carbocycles. The molecule has 2 aliphatic heterocycles. The molecular weight excluding hydrogens is 553 g/mol. The average Bonchev–Trinajstić information content (AvgIpc) is 2.88. The molecule has 10 heteroatoms. The highest BCUT2D eigenvalue weighted by molar-refractivity contribution is 9.10. The smallest absolute Gasteiger partial charge is 0.490 e. The van der Waals surface area contributed by atoms with E-state index in [2.05, 4.69) is 20.8 Å². The normalized spacial score (nSPS) is 20.0. The SMILES string of the molecule is CCOc1ccc(Br)cc1CN1CCC2(CC1)CCN(C(=O)c1ccccc1)CC2OC(=O)C(F)(F)F. The fourth-order valence-electron chi connectivity index (χ4n) is 5.25. The number of hydrogen-bond acceptors (Lipinski definition) is 5. The first-order chi connectivity index (χ1) is 17.6. The lowest BCUT2D eigenvalue weighted by Crippen LogP contribution is -2.58. The Labute approximate surface area is 222 Å².